The lowest BCUT2D eigenvalue weighted by Crippen LogP contribution is -2.30. The van der Waals surface area contributed by atoms with E-state index in [9.17, 15) is 4.79 Å². The summed E-state index contributed by atoms with van der Waals surface area (Å²) >= 11 is 0. The van der Waals surface area contributed by atoms with Crippen molar-refractivity contribution in [2.45, 2.75) is 40.2 Å². The monoisotopic (exact) mass is 482 g/mol. The van der Waals surface area contributed by atoms with Crippen LogP contribution in [0.2, 0.25) is 0 Å². The van der Waals surface area contributed by atoms with E-state index in [2.05, 4.69) is 70.7 Å². The van der Waals surface area contributed by atoms with Crippen LogP contribution >= 0.6 is 0 Å². The number of amides is 1. The molecule has 0 radical (unpaired) electrons. The molecule has 0 atom stereocenters. The molecule has 0 bridgehead atoms. The van der Waals surface area contributed by atoms with Crippen LogP contribution in [0.3, 0.4) is 0 Å². The molecule has 2 heterocycles. The van der Waals surface area contributed by atoms with Gasteiger partial charge in [0.2, 0.25) is 0 Å². The quantitative estimate of drug-likeness (QED) is 0.401. The van der Waals surface area contributed by atoms with E-state index in [1.54, 1.807) is 0 Å². The van der Waals surface area contributed by atoms with Crippen LogP contribution in [-0.4, -0.2) is 53.4 Å². The predicted molar refractivity (Wildman–Crippen MR) is 149 cm³/mol. The molecule has 1 saturated heterocycles. The Hall–Kier alpha value is -3.44. The van der Waals surface area contributed by atoms with Gasteiger partial charge in [0.25, 0.3) is 5.91 Å². The third-order valence-electron chi connectivity index (χ3n) is 7.00. The van der Waals surface area contributed by atoms with Crippen molar-refractivity contribution < 1.29 is 4.79 Å². The molecule has 0 spiro atoms. The smallest absolute Gasteiger partial charge is 0.253 e. The van der Waals surface area contributed by atoms with Crippen molar-refractivity contribution in [2.75, 3.05) is 38.0 Å². The minimum absolute atomic E-state index is 0.0956. The van der Waals surface area contributed by atoms with Crippen LogP contribution in [0.25, 0.3) is 5.57 Å². The number of pyridine rings is 1. The topological polar surface area (TPSA) is 48.5 Å². The number of nitrogens with one attached hydrogen (secondary N) is 1. The van der Waals surface area contributed by atoms with Crippen LogP contribution in [0.15, 0.2) is 78.6 Å². The second kappa shape index (κ2) is 12.5. The highest BCUT2D eigenvalue weighted by atomic mass is 16.2. The van der Waals surface area contributed by atoms with Crippen LogP contribution in [-0.2, 0) is 6.54 Å². The average molecular weight is 483 g/mol. The normalized spacial score (nSPS) is 13.9. The Morgan fingerprint density at radius 3 is 2.17 bits per heavy atom. The van der Waals surface area contributed by atoms with Gasteiger partial charge in [-0.05, 0) is 80.6 Å². The first-order chi connectivity index (χ1) is 17.6. The lowest BCUT2D eigenvalue weighted by atomic mass is 9.87. The van der Waals surface area contributed by atoms with Gasteiger partial charge in [0.1, 0.15) is 0 Å². The fraction of sp³-hybridized carbons (Fsp3) is 0.355. The Balaban J connectivity index is 1.65. The van der Waals surface area contributed by atoms with Gasteiger partial charge in [-0.3, -0.25) is 14.7 Å². The number of hydrogen-bond donors (Lipinski definition) is 1. The molecule has 1 aliphatic rings. The van der Waals surface area contributed by atoms with Crippen molar-refractivity contribution in [1.29, 1.82) is 0 Å². The van der Waals surface area contributed by atoms with Gasteiger partial charge in [-0.15, -0.1) is 0 Å². The second-order valence-corrected chi connectivity index (χ2v) is 9.24. The summed E-state index contributed by atoms with van der Waals surface area (Å²) in [4.78, 5) is 21.4. The molecule has 1 aliphatic heterocycles. The van der Waals surface area contributed by atoms with E-state index in [-0.39, 0.29) is 5.91 Å². The third kappa shape index (κ3) is 6.03. The SMILES string of the molecule is CCNc1ccccc1C(=C1CCN(Cc2ccncc2)CC1)c1ccc(C(=O)N(CC)CC)cc1. The van der Waals surface area contributed by atoms with Crippen molar-refractivity contribution >= 4 is 17.2 Å². The first-order valence-corrected chi connectivity index (χ1v) is 13.2. The summed E-state index contributed by atoms with van der Waals surface area (Å²) < 4.78 is 0. The minimum Gasteiger partial charge on any atom is -0.385 e. The van der Waals surface area contributed by atoms with Gasteiger partial charge in [-0.25, -0.2) is 0 Å². The van der Waals surface area contributed by atoms with Gasteiger partial charge in [0.15, 0.2) is 0 Å². The number of hydrogen-bond acceptors (Lipinski definition) is 4. The summed E-state index contributed by atoms with van der Waals surface area (Å²) in [5.74, 6) is 0.0956. The summed E-state index contributed by atoms with van der Waals surface area (Å²) in [5.41, 5.74) is 8.41. The molecule has 1 N–H and O–H groups in total. The molecule has 5 nitrogen and oxygen atoms in total. The van der Waals surface area contributed by atoms with Gasteiger partial charge in [0, 0.05) is 68.5 Å². The molecule has 5 heteroatoms. The fourth-order valence-corrected chi connectivity index (χ4v) is 5.05. The number of rotatable bonds is 9. The maximum atomic E-state index is 12.9. The van der Waals surface area contributed by atoms with Crippen molar-refractivity contribution in [1.82, 2.24) is 14.8 Å². The van der Waals surface area contributed by atoms with E-state index in [1.807, 2.05) is 43.3 Å². The standard InChI is InChI=1S/C31H38N4O/c1-4-33-29-10-8-7-9-28(29)30(25-11-13-27(14-12-25)31(36)35(5-2)6-3)26-17-21-34(22-18-26)23-24-15-19-32-20-16-24/h7-16,19-20,33H,4-6,17-18,21-23H2,1-3H3. The van der Waals surface area contributed by atoms with Crippen LogP contribution in [0, 0.1) is 0 Å². The van der Waals surface area contributed by atoms with E-state index < -0.39 is 0 Å². The third-order valence-corrected chi connectivity index (χ3v) is 7.00. The lowest BCUT2D eigenvalue weighted by molar-refractivity contribution is 0.0773. The number of aromatic nitrogens is 1. The largest absolute Gasteiger partial charge is 0.385 e. The summed E-state index contributed by atoms with van der Waals surface area (Å²) in [6.07, 6.45) is 5.80. The summed E-state index contributed by atoms with van der Waals surface area (Å²) in [6, 6.07) is 21.0. The highest BCUT2D eigenvalue weighted by Crippen LogP contribution is 2.36. The molecular formula is C31H38N4O. The molecule has 1 fully saturated rings. The molecule has 1 aromatic heterocycles. The molecule has 1 amide bonds. The maximum Gasteiger partial charge on any atom is 0.253 e. The Morgan fingerprint density at radius 1 is 0.889 bits per heavy atom. The zero-order valence-electron chi connectivity index (χ0n) is 21.8. The van der Waals surface area contributed by atoms with E-state index in [4.69, 9.17) is 0 Å². The van der Waals surface area contributed by atoms with Gasteiger partial charge in [0.05, 0.1) is 0 Å². The number of nitrogens with zero attached hydrogens (tertiary/aromatic N) is 3. The highest BCUT2D eigenvalue weighted by molar-refractivity contribution is 5.95. The van der Waals surface area contributed by atoms with Crippen LogP contribution < -0.4 is 5.32 Å². The number of anilines is 1. The van der Waals surface area contributed by atoms with Crippen LogP contribution in [0.4, 0.5) is 5.69 Å². The van der Waals surface area contributed by atoms with E-state index in [0.717, 1.165) is 63.4 Å². The Morgan fingerprint density at radius 2 is 1.53 bits per heavy atom. The van der Waals surface area contributed by atoms with Crippen LogP contribution in [0.1, 0.15) is 60.7 Å². The number of likely N-dealkylation sites (tertiary alicyclic amines) is 1. The molecule has 0 saturated carbocycles. The van der Waals surface area contributed by atoms with Crippen molar-refractivity contribution in [2.24, 2.45) is 0 Å². The Labute approximate surface area is 215 Å². The summed E-state index contributed by atoms with van der Waals surface area (Å²) in [5, 5.41) is 3.56. The molecule has 0 unspecified atom stereocenters. The number of carbonyl (C=O) groups excluding carboxylic acids is 1. The van der Waals surface area contributed by atoms with Gasteiger partial charge in [-0.2, -0.15) is 0 Å². The van der Waals surface area contributed by atoms with Gasteiger partial charge >= 0.3 is 0 Å². The van der Waals surface area contributed by atoms with Crippen molar-refractivity contribution in [3.8, 4) is 0 Å². The zero-order valence-corrected chi connectivity index (χ0v) is 21.8. The number of benzene rings is 2. The molecule has 3 aromatic rings. The number of carbonyl (C=O) groups is 1. The fourth-order valence-electron chi connectivity index (χ4n) is 5.05. The molecule has 188 valence electrons. The van der Waals surface area contributed by atoms with E-state index in [1.165, 1.54) is 27.8 Å². The molecule has 0 aliphatic carbocycles. The summed E-state index contributed by atoms with van der Waals surface area (Å²) in [7, 11) is 0. The van der Waals surface area contributed by atoms with Crippen molar-refractivity contribution in [3.05, 3.63) is 101 Å². The van der Waals surface area contributed by atoms with E-state index in [0.29, 0.717) is 0 Å². The first kappa shape index (κ1) is 25.6. The second-order valence-electron chi connectivity index (χ2n) is 9.24. The van der Waals surface area contributed by atoms with Crippen molar-refractivity contribution in [3.63, 3.8) is 0 Å². The van der Waals surface area contributed by atoms with Gasteiger partial charge < -0.3 is 10.2 Å². The number of para-hydroxylation sites is 1. The first-order valence-electron chi connectivity index (χ1n) is 13.2. The predicted octanol–water partition coefficient (Wildman–Crippen LogP) is 6.09. The zero-order chi connectivity index (χ0) is 25.3. The Kier molecular flexibility index (Phi) is 8.90. The molecule has 2 aromatic carbocycles. The molecule has 36 heavy (non-hydrogen) atoms. The molecule has 4 rings (SSSR count). The molecular weight excluding hydrogens is 444 g/mol. The number of piperidine rings is 1. The average Bonchev–Trinajstić information content (AvgIpc) is 2.92. The lowest BCUT2D eigenvalue weighted by Gasteiger charge is -2.30. The van der Waals surface area contributed by atoms with Crippen LogP contribution in [0.5, 0.6) is 0 Å². The highest BCUT2D eigenvalue weighted by Gasteiger charge is 2.21. The maximum absolute atomic E-state index is 12.9. The summed E-state index contributed by atoms with van der Waals surface area (Å²) in [6.45, 7) is 11.5. The minimum atomic E-state index is 0.0956. The Bertz CT molecular complexity index is 1160. The van der Waals surface area contributed by atoms with E-state index >= 15 is 0 Å². The van der Waals surface area contributed by atoms with Gasteiger partial charge in [-0.1, -0.05) is 35.9 Å².